The van der Waals surface area contributed by atoms with Gasteiger partial charge in [-0.15, -0.1) is 0 Å². The molecule has 20 heavy (non-hydrogen) atoms. The van der Waals surface area contributed by atoms with Crippen molar-refractivity contribution in [2.45, 2.75) is 45.4 Å². The number of anilines is 1. The SMILES string of the molecule is CC(C)OCCN(C)c1cc(F)cc(CNC2CC2)c1. The van der Waals surface area contributed by atoms with E-state index >= 15 is 0 Å². The molecule has 0 saturated heterocycles. The summed E-state index contributed by atoms with van der Waals surface area (Å²) in [6.07, 6.45) is 2.72. The first-order chi connectivity index (χ1) is 9.54. The summed E-state index contributed by atoms with van der Waals surface area (Å²) in [6, 6.07) is 5.88. The van der Waals surface area contributed by atoms with Gasteiger partial charge in [0.15, 0.2) is 0 Å². The molecule has 1 aliphatic carbocycles. The van der Waals surface area contributed by atoms with Crippen molar-refractivity contribution >= 4 is 5.69 Å². The van der Waals surface area contributed by atoms with Crippen LogP contribution >= 0.6 is 0 Å². The molecule has 4 heteroatoms. The number of likely N-dealkylation sites (N-methyl/N-ethyl adjacent to an activating group) is 1. The maximum atomic E-state index is 13.7. The van der Waals surface area contributed by atoms with Crippen molar-refractivity contribution < 1.29 is 9.13 Å². The standard InChI is InChI=1S/C16H25FN2O/c1-12(2)20-7-6-19(3)16-9-13(8-14(17)10-16)11-18-15-4-5-15/h8-10,12,15,18H,4-7,11H2,1-3H3. The molecule has 0 radical (unpaired) electrons. The number of hydrogen-bond donors (Lipinski definition) is 1. The summed E-state index contributed by atoms with van der Waals surface area (Å²) in [7, 11) is 1.97. The molecule has 1 aromatic rings. The van der Waals surface area contributed by atoms with Gasteiger partial charge in [-0.2, -0.15) is 0 Å². The Morgan fingerprint density at radius 2 is 2.10 bits per heavy atom. The van der Waals surface area contributed by atoms with E-state index in [1.54, 1.807) is 12.1 Å². The fraction of sp³-hybridized carbons (Fsp3) is 0.625. The van der Waals surface area contributed by atoms with Crippen molar-refractivity contribution in [2.24, 2.45) is 0 Å². The number of ether oxygens (including phenoxy) is 1. The highest BCUT2D eigenvalue weighted by Gasteiger charge is 2.20. The van der Waals surface area contributed by atoms with E-state index in [0.717, 1.165) is 24.3 Å². The molecule has 1 aliphatic rings. The molecule has 0 aromatic heterocycles. The summed E-state index contributed by atoms with van der Waals surface area (Å²) in [4.78, 5) is 2.03. The van der Waals surface area contributed by atoms with Crippen LogP contribution in [0.25, 0.3) is 0 Å². The van der Waals surface area contributed by atoms with Gasteiger partial charge in [0, 0.05) is 31.9 Å². The van der Waals surface area contributed by atoms with E-state index in [-0.39, 0.29) is 11.9 Å². The monoisotopic (exact) mass is 280 g/mol. The number of benzene rings is 1. The predicted octanol–water partition coefficient (Wildman–Crippen LogP) is 2.94. The third-order valence-corrected chi connectivity index (χ3v) is 3.43. The number of hydrogen-bond acceptors (Lipinski definition) is 3. The van der Waals surface area contributed by atoms with E-state index in [9.17, 15) is 4.39 Å². The Morgan fingerprint density at radius 3 is 2.75 bits per heavy atom. The molecule has 0 amide bonds. The Balaban J connectivity index is 1.91. The molecule has 1 saturated carbocycles. The first kappa shape index (κ1) is 15.3. The molecule has 0 spiro atoms. The van der Waals surface area contributed by atoms with Crippen LogP contribution in [0.2, 0.25) is 0 Å². The van der Waals surface area contributed by atoms with Crippen LogP contribution in [0.3, 0.4) is 0 Å². The molecule has 1 aromatic carbocycles. The Kier molecular flexibility index (Phi) is 5.38. The van der Waals surface area contributed by atoms with E-state index in [0.29, 0.717) is 12.6 Å². The minimum atomic E-state index is -0.174. The number of halogens is 1. The second-order valence-corrected chi connectivity index (χ2v) is 5.81. The number of rotatable bonds is 8. The van der Waals surface area contributed by atoms with Crippen molar-refractivity contribution in [1.29, 1.82) is 0 Å². The summed E-state index contributed by atoms with van der Waals surface area (Å²) in [6.45, 7) is 6.19. The average Bonchev–Trinajstić information content (AvgIpc) is 3.19. The minimum absolute atomic E-state index is 0.174. The lowest BCUT2D eigenvalue weighted by Crippen LogP contribution is -2.24. The van der Waals surface area contributed by atoms with Gasteiger partial charge in [0.1, 0.15) is 5.82 Å². The van der Waals surface area contributed by atoms with E-state index in [4.69, 9.17) is 4.74 Å². The van der Waals surface area contributed by atoms with Crippen LogP contribution in [0.5, 0.6) is 0 Å². The van der Waals surface area contributed by atoms with E-state index in [1.807, 2.05) is 31.9 Å². The van der Waals surface area contributed by atoms with Crippen LogP contribution in [0.4, 0.5) is 10.1 Å². The van der Waals surface area contributed by atoms with Gasteiger partial charge in [0.25, 0.3) is 0 Å². The molecule has 2 rings (SSSR count). The van der Waals surface area contributed by atoms with Gasteiger partial charge in [-0.25, -0.2) is 4.39 Å². The van der Waals surface area contributed by atoms with Crippen molar-refractivity contribution in [3.8, 4) is 0 Å². The smallest absolute Gasteiger partial charge is 0.125 e. The highest BCUT2D eigenvalue weighted by molar-refractivity contribution is 5.48. The van der Waals surface area contributed by atoms with Gasteiger partial charge in [-0.3, -0.25) is 0 Å². The fourth-order valence-electron chi connectivity index (χ4n) is 2.06. The molecular weight excluding hydrogens is 255 g/mol. The molecule has 0 bridgehead atoms. The van der Waals surface area contributed by atoms with Crippen LogP contribution in [0, 0.1) is 5.82 Å². The average molecular weight is 280 g/mol. The molecule has 0 heterocycles. The topological polar surface area (TPSA) is 24.5 Å². The molecular formula is C16H25FN2O. The van der Waals surface area contributed by atoms with Crippen LogP contribution < -0.4 is 10.2 Å². The van der Waals surface area contributed by atoms with Crippen molar-refractivity contribution in [3.63, 3.8) is 0 Å². The number of nitrogens with zero attached hydrogens (tertiary/aromatic N) is 1. The molecule has 3 nitrogen and oxygen atoms in total. The Bertz CT molecular complexity index is 432. The first-order valence-corrected chi connectivity index (χ1v) is 7.40. The Labute approximate surface area is 121 Å². The molecule has 1 N–H and O–H groups in total. The molecule has 0 aliphatic heterocycles. The third kappa shape index (κ3) is 5.10. The number of nitrogens with one attached hydrogen (secondary N) is 1. The van der Waals surface area contributed by atoms with Crippen LogP contribution in [-0.4, -0.2) is 32.3 Å². The first-order valence-electron chi connectivity index (χ1n) is 7.40. The maximum Gasteiger partial charge on any atom is 0.125 e. The Hall–Kier alpha value is -1.13. The minimum Gasteiger partial charge on any atom is -0.377 e. The van der Waals surface area contributed by atoms with Gasteiger partial charge in [-0.05, 0) is 50.5 Å². The van der Waals surface area contributed by atoms with Gasteiger partial charge >= 0.3 is 0 Å². The second kappa shape index (κ2) is 7.04. The highest BCUT2D eigenvalue weighted by Crippen LogP contribution is 2.21. The van der Waals surface area contributed by atoms with Crippen LogP contribution in [0.1, 0.15) is 32.3 Å². The molecule has 0 atom stereocenters. The summed E-state index contributed by atoms with van der Waals surface area (Å²) in [5.41, 5.74) is 1.91. The molecule has 0 unspecified atom stereocenters. The second-order valence-electron chi connectivity index (χ2n) is 5.81. The predicted molar refractivity (Wildman–Crippen MR) is 80.6 cm³/mol. The van der Waals surface area contributed by atoms with Crippen molar-refractivity contribution in [3.05, 3.63) is 29.6 Å². The lowest BCUT2D eigenvalue weighted by Gasteiger charge is -2.21. The summed E-state index contributed by atoms with van der Waals surface area (Å²) >= 11 is 0. The van der Waals surface area contributed by atoms with E-state index in [2.05, 4.69) is 5.32 Å². The zero-order chi connectivity index (χ0) is 14.5. The fourth-order valence-corrected chi connectivity index (χ4v) is 2.06. The van der Waals surface area contributed by atoms with Gasteiger partial charge in [0.05, 0.1) is 12.7 Å². The summed E-state index contributed by atoms with van der Waals surface area (Å²) < 4.78 is 19.2. The Morgan fingerprint density at radius 1 is 1.35 bits per heavy atom. The molecule has 112 valence electrons. The van der Waals surface area contributed by atoms with Gasteiger partial charge < -0.3 is 15.0 Å². The van der Waals surface area contributed by atoms with E-state index in [1.165, 1.54) is 12.8 Å². The van der Waals surface area contributed by atoms with Crippen LogP contribution in [-0.2, 0) is 11.3 Å². The zero-order valence-electron chi connectivity index (χ0n) is 12.7. The maximum absolute atomic E-state index is 13.7. The van der Waals surface area contributed by atoms with Gasteiger partial charge in [0.2, 0.25) is 0 Å². The summed E-state index contributed by atoms with van der Waals surface area (Å²) in [5.74, 6) is -0.174. The van der Waals surface area contributed by atoms with Crippen molar-refractivity contribution in [2.75, 3.05) is 25.1 Å². The zero-order valence-corrected chi connectivity index (χ0v) is 12.7. The lowest BCUT2D eigenvalue weighted by atomic mass is 10.1. The van der Waals surface area contributed by atoms with Gasteiger partial charge in [-0.1, -0.05) is 0 Å². The molecule has 1 fully saturated rings. The lowest BCUT2D eigenvalue weighted by molar-refractivity contribution is 0.0846. The van der Waals surface area contributed by atoms with Crippen LogP contribution in [0.15, 0.2) is 18.2 Å². The van der Waals surface area contributed by atoms with Crippen molar-refractivity contribution in [1.82, 2.24) is 5.32 Å². The van der Waals surface area contributed by atoms with E-state index < -0.39 is 0 Å². The highest BCUT2D eigenvalue weighted by atomic mass is 19.1. The largest absolute Gasteiger partial charge is 0.377 e. The third-order valence-electron chi connectivity index (χ3n) is 3.43. The summed E-state index contributed by atoms with van der Waals surface area (Å²) in [5, 5.41) is 3.41. The quantitative estimate of drug-likeness (QED) is 0.792. The normalized spacial score (nSPS) is 14.8.